The van der Waals surface area contributed by atoms with Gasteiger partial charge in [0.1, 0.15) is 5.75 Å². The Morgan fingerprint density at radius 1 is 1.33 bits per heavy atom. The smallest absolute Gasteiger partial charge is 0.344 e. The van der Waals surface area contributed by atoms with Gasteiger partial charge in [0.25, 0.3) is 11.8 Å². The molecule has 0 saturated carbocycles. The van der Waals surface area contributed by atoms with E-state index < -0.39 is 17.8 Å². The molecule has 1 aliphatic heterocycles. The molecule has 7 nitrogen and oxygen atoms in total. The van der Waals surface area contributed by atoms with Crippen molar-refractivity contribution in [3.05, 3.63) is 55.5 Å². The lowest BCUT2D eigenvalue weighted by Crippen LogP contribution is -2.44. The zero-order chi connectivity index (χ0) is 21.7. The van der Waals surface area contributed by atoms with Crippen LogP contribution in [0.2, 0.25) is 0 Å². The van der Waals surface area contributed by atoms with Crippen molar-refractivity contribution >= 4 is 79.4 Å². The predicted octanol–water partition coefficient (Wildman–Crippen LogP) is 4.00. The Labute approximate surface area is 194 Å². The first-order valence-electron chi connectivity index (χ1n) is 8.59. The number of nitrogens with zero attached hydrogens (tertiary/aromatic N) is 1. The van der Waals surface area contributed by atoms with E-state index >= 15 is 0 Å². The predicted molar refractivity (Wildman–Crippen MR) is 123 cm³/mol. The van der Waals surface area contributed by atoms with Crippen molar-refractivity contribution < 1.29 is 23.9 Å². The molecule has 0 unspecified atom stereocenters. The molecule has 1 aliphatic rings. The van der Waals surface area contributed by atoms with Crippen LogP contribution in [-0.2, 0) is 14.3 Å². The van der Waals surface area contributed by atoms with E-state index in [0.29, 0.717) is 21.1 Å². The minimum absolute atomic E-state index is 0.208. The summed E-state index contributed by atoms with van der Waals surface area (Å²) in [5, 5.41) is 2.81. The van der Waals surface area contributed by atoms with E-state index in [1.165, 1.54) is 11.3 Å². The highest BCUT2D eigenvalue weighted by atomic mass is 79.9. The van der Waals surface area contributed by atoms with Crippen molar-refractivity contribution in [3.63, 3.8) is 0 Å². The first-order chi connectivity index (χ1) is 14.4. The summed E-state index contributed by atoms with van der Waals surface area (Å²) < 4.78 is 11.4. The van der Waals surface area contributed by atoms with Crippen LogP contribution >= 0.6 is 51.2 Å². The summed E-state index contributed by atoms with van der Waals surface area (Å²) in [6.07, 6.45) is 1.60. The molecule has 2 amide bonds. The molecular formula is C19H15BrN2O5S3. The van der Waals surface area contributed by atoms with Gasteiger partial charge in [-0.25, -0.2) is 4.79 Å². The second kappa shape index (κ2) is 10.2. The number of hydrogen-bond donors (Lipinski definition) is 1. The molecular weight excluding hydrogens is 512 g/mol. The second-order valence-electron chi connectivity index (χ2n) is 5.71. The highest BCUT2D eigenvalue weighted by molar-refractivity contribution is 9.10. The highest BCUT2D eigenvalue weighted by Gasteiger charge is 2.34. The number of nitrogens with one attached hydrogen (secondary N) is 1. The van der Waals surface area contributed by atoms with E-state index in [1.54, 1.807) is 48.7 Å². The first-order valence-corrected chi connectivity index (χ1v) is 11.5. The van der Waals surface area contributed by atoms with Gasteiger partial charge < -0.3 is 9.47 Å². The van der Waals surface area contributed by atoms with Gasteiger partial charge in [0.05, 0.1) is 16.4 Å². The van der Waals surface area contributed by atoms with Crippen molar-refractivity contribution in [2.45, 2.75) is 6.92 Å². The maximum Gasteiger partial charge on any atom is 0.344 e. The van der Waals surface area contributed by atoms with Crippen molar-refractivity contribution in [2.24, 2.45) is 0 Å². The van der Waals surface area contributed by atoms with Gasteiger partial charge in [-0.1, -0.05) is 33.8 Å². The standard InChI is InChI=1S/C19H15BrN2O5S3/c1-2-26-16(23)10-27-13-6-5-12(20)8-11(13)9-15-18(25)22(19(28)30-15)21-17(24)14-4-3-7-29-14/h3-9H,2,10H2,1H3,(H,21,24)/b15-9+. The van der Waals surface area contributed by atoms with Gasteiger partial charge in [-0.15, -0.1) is 11.3 Å². The fourth-order valence-electron chi connectivity index (χ4n) is 2.37. The second-order valence-corrected chi connectivity index (χ2v) is 9.25. The number of benzene rings is 1. The molecule has 2 aromatic rings. The maximum absolute atomic E-state index is 12.8. The van der Waals surface area contributed by atoms with Gasteiger partial charge in [0, 0.05) is 10.0 Å². The number of esters is 1. The molecule has 1 saturated heterocycles. The zero-order valence-electron chi connectivity index (χ0n) is 15.5. The third kappa shape index (κ3) is 5.48. The van der Waals surface area contributed by atoms with Crippen LogP contribution in [0.3, 0.4) is 0 Å². The minimum Gasteiger partial charge on any atom is -0.481 e. The normalized spacial score (nSPS) is 14.9. The molecule has 0 bridgehead atoms. The summed E-state index contributed by atoms with van der Waals surface area (Å²) in [4.78, 5) is 37.4. The monoisotopic (exact) mass is 526 g/mol. The summed E-state index contributed by atoms with van der Waals surface area (Å²) in [7, 11) is 0. The van der Waals surface area contributed by atoms with Crippen LogP contribution in [0.5, 0.6) is 5.75 Å². The molecule has 0 aliphatic carbocycles. The molecule has 30 heavy (non-hydrogen) atoms. The van der Waals surface area contributed by atoms with Crippen LogP contribution in [0.25, 0.3) is 6.08 Å². The molecule has 1 aromatic carbocycles. The average Bonchev–Trinajstić information content (AvgIpc) is 3.33. The fraction of sp³-hybridized carbons (Fsp3) is 0.158. The highest BCUT2D eigenvalue weighted by Crippen LogP contribution is 2.34. The van der Waals surface area contributed by atoms with Crippen LogP contribution in [0.1, 0.15) is 22.2 Å². The molecule has 1 N–H and O–H groups in total. The van der Waals surface area contributed by atoms with Crippen LogP contribution in [0.15, 0.2) is 45.1 Å². The topological polar surface area (TPSA) is 84.9 Å². The Kier molecular flexibility index (Phi) is 7.64. The number of carbonyl (C=O) groups is 3. The summed E-state index contributed by atoms with van der Waals surface area (Å²) >= 11 is 10.9. The van der Waals surface area contributed by atoms with E-state index in [9.17, 15) is 14.4 Å². The molecule has 3 rings (SSSR count). The molecule has 0 radical (unpaired) electrons. The maximum atomic E-state index is 12.8. The summed E-state index contributed by atoms with van der Waals surface area (Å²) in [6.45, 7) is 1.71. The van der Waals surface area contributed by atoms with Gasteiger partial charge in [-0.05, 0) is 54.9 Å². The average molecular weight is 527 g/mol. The number of ether oxygens (including phenoxy) is 2. The van der Waals surface area contributed by atoms with E-state index in [4.69, 9.17) is 21.7 Å². The summed E-state index contributed by atoms with van der Waals surface area (Å²) in [5.74, 6) is -0.956. The van der Waals surface area contributed by atoms with Crippen molar-refractivity contribution in [2.75, 3.05) is 13.2 Å². The van der Waals surface area contributed by atoms with Crippen molar-refractivity contribution in [3.8, 4) is 5.75 Å². The Morgan fingerprint density at radius 2 is 2.13 bits per heavy atom. The third-order valence-electron chi connectivity index (χ3n) is 3.66. The third-order valence-corrected chi connectivity index (χ3v) is 6.33. The molecule has 156 valence electrons. The number of rotatable bonds is 7. The molecule has 2 heterocycles. The van der Waals surface area contributed by atoms with Gasteiger partial charge in [-0.3, -0.25) is 15.0 Å². The van der Waals surface area contributed by atoms with E-state index in [1.807, 2.05) is 0 Å². The Morgan fingerprint density at radius 3 is 2.83 bits per heavy atom. The van der Waals surface area contributed by atoms with Gasteiger partial charge in [0.2, 0.25) is 0 Å². The number of thioether (sulfide) groups is 1. The molecule has 11 heteroatoms. The minimum atomic E-state index is -0.492. The van der Waals surface area contributed by atoms with E-state index in [-0.39, 0.29) is 17.5 Å². The van der Waals surface area contributed by atoms with Crippen LogP contribution < -0.4 is 10.2 Å². The number of hydrogen-bond acceptors (Lipinski definition) is 8. The van der Waals surface area contributed by atoms with Crippen molar-refractivity contribution in [1.29, 1.82) is 0 Å². The Hall–Kier alpha value is -2.21. The van der Waals surface area contributed by atoms with Crippen molar-refractivity contribution in [1.82, 2.24) is 10.4 Å². The number of carbonyl (C=O) groups excluding carboxylic acids is 3. The Balaban J connectivity index is 1.78. The van der Waals surface area contributed by atoms with Gasteiger partial charge in [0.15, 0.2) is 10.9 Å². The number of halogens is 1. The molecule has 0 atom stereocenters. The molecule has 1 fully saturated rings. The quantitative estimate of drug-likeness (QED) is 0.331. The largest absolute Gasteiger partial charge is 0.481 e. The van der Waals surface area contributed by atoms with Crippen LogP contribution in [0, 0.1) is 0 Å². The summed E-state index contributed by atoms with van der Waals surface area (Å²) in [6, 6.07) is 8.58. The lowest BCUT2D eigenvalue weighted by Gasteiger charge is -2.14. The number of thiocarbonyl (C=S) groups is 1. The van der Waals surface area contributed by atoms with Gasteiger partial charge in [-0.2, -0.15) is 5.01 Å². The number of hydrazine groups is 1. The number of thiophene rings is 1. The first kappa shape index (κ1) is 22.5. The zero-order valence-corrected chi connectivity index (χ0v) is 19.6. The SMILES string of the molecule is CCOC(=O)COc1ccc(Br)cc1/C=C1/SC(=S)N(NC(=O)c2cccs2)C1=O. The fourth-order valence-corrected chi connectivity index (χ4v) is 4.54. The number of amides is 2. The van der Waals surface area contributed by atoms with E-state index in [0.717, 1.165) is 21.2 Å². The van der Waals surface area contributed by atoms with Gasteiger partial charge >= 0.3 is 5.97 Å². The van der Waals surface area contributed by atoms with Crippen LogP contribution in [0.4, 0.5) is 0 Å². The van der Waals surface area contributed by atoms with E-state index in [2.05, 4.69) is 21.4 Å². The lowest BCUT2D eigenvalue weighted by atomic mass is 10.2. The van der Waals surface area contributed by atoms with Crippen LogP contribution in [-0.4, -0.2) is 40.3 Å². The lowest BCUT2D eigenvalue weighted by molar-refractivity contribution is -0.145. The molecule has 0 spiro atoms. The Bertz CT molecular complexity index is 1020. The summed E-state index contributed by atoms with van der Waals surface area (Å²) in [5.41, 5.74) is 3.10. The molecule has 1 aromatic heterocycles.